The van der Waals surface area contributed by atoms with E-state index < -0.39 is 12.1 Å². The molecule has 1 amide bonds. The Morgan fingerprint density at radius 1 is 1.26 bits per heavy atom. The lowest BCUT2D eigenvalue weighted by Crippen LogP contribution is -2.43. The first-order valence-electron chi connectivity index (χ1n) is 6.91. The first-order valence-corrected chi connectivity index (χ1v) is 6.91. The normalized spacial score (nSPS) is 15.3. The van der Waals surface area contributed by atoms with E-state index in [0.717, 1.165) is 31.5 Å². The third-order valence-corrected chi connectivity index (χ3v) is 3.35. The van der Waals surface area contributed by atoms with E-state index in [9.17, 15) is 18.0 Å². The molecule has 1 aromatic rings. The highest BCUT2D eigenvalue weighted by Gasteiger charge is 2.38. The van der Waals surface area contributed by atoms with Gasteiger partial charge in [-0.25, -0.2) is 4.79 Å². The first-order chi connectivity index (χ1) is 10.7. The highest BCUT2D eigenvalue weighted by molar-refractivity contribution is 5.94. The molecule has 2 rings (SSSR count). The number of aliphatic carboxylic acids is 1. The Labute approximate surface area is 131 Å². The van der Waals surface area contributed by atoms with Gasteiger partial charge in [-0.3, -0.25) is 9.78 Å². The fourth-order valence-corrected chi connectivity index (χ4v) is 2.06. The number of carboxylic acid groups (broad SMARTS) is 1. The average Bonchev–Trinajstić information content (AvgIpc) is 2.55. The zero-order chi connectivity index (χ0) is 17.5. The van der Waals surface area contributed by atoms with Crippen molar-refractivity contribution in [3.63, 3.8) is 0 Å². The molecule has 1 fully saturated rings. The second kappa shape index (κ2) is 8.47. The van der Waals surface area contributed by atoms with Crippen molar-refractivity contribution in [1.29, 1.82) is 0 Å². The monoisotopic (exact) mass is 333 g/mol. The zero-order valence-corrected chi connectivity index (χ0v) is 12.5. The van der Waals surface area contributed by atoms with Crippen LogP contribution in [0.15, 0.2) is 24.5 Å². The summed E-state index contributed by atoms with van der Waals surface area (Å²) in [5, 5.41) is 10.4. The maximum absolute atomic E-state index is 12.1. The van der Waals surface area contributed by atoms with Gasteiger partial charge < -0.3 is 15.3 Å². The Morgan fingerprint density at radius 3 is 2.17 bits per heavy atom. The van der Waals surface area contributed by atoms with Crippen LogP contribution in [0.25, 0.3) is 0 Å². The zero-order valence-electron chi connectivity index (χ0n) is 12.5. The van der Waals surface area contributed by atoms with Gasteiger partial charge in [-0.2, -0.15) is 13.2 Å². The van der Waals surface area contributed by atoms with E-state index in [-0.39, 0.29) is 5.91 Å². The van der Waals surface area contributed by atoms with Crippen LogP contribution in [0.3, 0.4) is 0 Å². The quantitative estimate of drug-likeness (QED) is 0.858. The van der Waals surface area contributed by atoms with Gasteiger partial charge in [0.1, 0.15) is 0 Å². The number of nitrogens with zero attached hydrogens (tertiary/aromatic N) is 2. The summed E-state index contributed by atoms with van der Waals surface area (Å²) in [5.74, 6) is -2.66. The molecule has 0 spiro atoms. The van der Waals surface area contributed by atoms with Gasteiger partial charge in [0.05, 0.1) is 0 Å². The minimum Gasteiger partial charge on any atom is -0.475 e. The van der Waals surface area contributed by atoms with Crippen LogP contribution >= 0.6 is 0 Å². The lowest BCUT2D eigenvalue weighted by molar-refractivity contribution is -0.192. The molecule has 23 heavy (non-hydrogen) atoms. The number of nitrogens with one attached hydrogen (secondary N) is 1. The van der Waals surface area contributed by atoms with Crippen molar-refractivity contribution in [2.45, 2.75) is 25.1 Å². The second-order valence-electron chi connectivity index (χ2n) is 4.94. The molecule has 1 aromatic heterocycles. The third kappa shape index (κ3) is 6.23. The van der Waals surface area contributed by atoms with Crippen LogP contribution in [-0.4, -0.2) is 59.2 Å². The number of halogens is 3. The number of hydrogen-bond donors (Lipinski definition) is 2. The number of carbonyl (C=O) groups excluding carboxylic acids is 1. The predicted molar refractivity (Wildman–Crippen MR) is 75.9 cm³/mol. The summed E-state index contributed by atoms with van der Waals surface area (Å²) < 4.78 is 31.7. The predicted octanol–water partition coefficient (Wildman–Crippen LogP) is 1.54. The van der Waals surface area contributed by atoms with Crippen molar-refractivity contribution in [3.05, 3.63) is 30.1 Å². The fraction of sp³-hybridized carbons (Fsp3) is 0.500. The summed E-state index contributed by atoms with van der Waals surface area (Å²) in [7, 11) is 1.89. The second-order valence-corrected chi connectivity index (χ2v) is 4.94. The van der Waals surface area contributed by atoms with E-state index in [4.69, 9.17) is 9.90 Å². The van der Waals surface area contributed by atoms with Crippen LogP contribution in [0, 0.1) is 0 Å². The van der Waals surface area contributed by atoms with E-state index in [1.807, 2.05) is 11.9 Å². The number of aromatic nitrogens is 1. The Morgan fingerprint density at radius 2 is 1.74 bits per heavy atom. The summed E-state index contributed by atoms with van der Waals surface area (Å²) in [4.78, 5) is 26.8. The number of carbonyl (C=O) groups is 2. The number of amides is 1. The van der Waals surface area contributed by atoms with Crippen LogP contribution < -0.4 is 5.32 Å². The lowest BCUT2D eigenvalue weighted by atomic mass is 10.0. The third-order valence-electron chi connectivity index (χ3n) is 3.35. The number of rotatable bonds is 2. The summed E-state index contributed by atoms with van der Waals surface area (Å²) >= 11 is 0. The van der Waals surface area contributed by atoms with Gasteiger partial charge in [0.25, 0.3) is 5.91 Å². The number of piperidine rings is 1. The highest BCUT2D eigenvalue weighted by atomic mass is 19.4. The largest absolute Gasteiger partial charge is 0.490 e. The Balaban J connectivity index is 0.000000322. The smallest absolute Gasteiger partial charge is 0.475 e. The van der Waals surface area contributed by atoms with Gasteiger partial charge in [0.15, 0.2) is 0 Å². The molecule has 0 aromatic carbocycles. The van der Waals surface area contributed by atoms with Gasteiger partial charge >= 0.3 is 12.1 Å². The molecule has 1 saturated heterocycles. The molecule has 0 bridgehead atoms. The molecular formula is C14H18F3N3O3. The standard InChI is InChI=1S/C12H17N3O.C2HF3O2/c1-15(11-4-8-14-9-5-11)12(16)10-2-6-13-7-3-10;3-2(4,5)1(6)7/h2-3,6-7,11,14H,4-5,8-9H2,1H3;(H,6,7). The minimum atomic E-state index is -5.08. The van der Waals surface area contributed by atoms with Gasteiger partial charge in [0.2, 0.25) is 0 Å². The van der Waals surface area contributed by atoms with E-state index >= 15 is 0 Å². The summed E-state index contributed by atoms with van der Waals surface area (Å²) in [6, 6.07) is 3.89. The molecule has 0 unspecified atom stereocenters. The van der Waals surface area contributed by atoms with Crippen LogP contribution in [-0.2, 0) is 4.79 Å². The van der Waals surface area contributed by atoms with Crippen molar-refractivity contribution in [1.82, 2.24) is 15.2 Å². The molecule has 1 aliphatic heterocycles. The van der Waals surface area contributed by atoms with E-state index in [1.165, 1.54) is 0 Å². The van der Waals surface area contributed by atoms with E-state index in [0.29, 0.717) is 6.04 Å². The fourth-order valence-electron chi connectivity index (χ4n) is 2.06. The van der Waals surface area contributed by atoms with Crippen molar-refractivity contribution in [3.8, 4) is 0 Å². The summed E-state index contributed by atoms with van der Waals surface area (Å²) in [6.07, 6.45) is 0.299. The maximum atomic E-state index is 12.1. The molecule has 0 atom stereocenters. The molecular weight excluding hydrogens is 315 g/mol. The number of alkyl halides is 3. The van der Waals surface area contributed by atoms with Crippen molar-refractivity contribution in [2.24, 2.45) is 0 Å². The highest BCUT2D eigenvalue weighted by Crippen LogP contribution is 2.13. The van der Waals surface area contributed by atoms with Crippen LogP contribution in [0.4, 0.5) is 13.2 Å². The lowest BCUT2D eigenvalue weighted by Gasteiger charge is -2.31. The van der Waals surface area contributed by atoms with E-state index in [1.54, 1.807) is 24.5 Å². The summed E-state index contributed by atoms with van der Waals surface area (Å²) in [5.41, 5.74) is 0.719. The van der Waals surface area contributed by atoms with Crippen molar-refractivity contribution in [2.75, 3.05) is 20.1 Å². The number of hydrogen-bond acceptors (Lipinski definition) is 4. The van der Waals surface area contributed by atoms with Crippen molar-refractivity contribution >= 4 is 11.9 Å². The van der Waals surface area contributed by atoms with Crippen LogP contribution in [0.5, 0.6) is 0 Å². The molecule has 0 saturated carbocycles. The number of carboxylic acids is 1. The van der Waals surface area contributed by atoms with Gasteiger partial charge in [0, 0.05) is 31.0 Å². The molecule has 6 nitrogen and oxygen atoms in total. The Kier molecular flexibility index (Phi) is 6.95. The summed E-state index contributed by atoms with van der Waals surface area (Å²) in [6.45, 7) is 2.00. The van der Waals surface area contributed by atoms with Gasteiger partial charge in [-0.1, -0.05) is 0 Å². The molecule has 0 radical (unpaired) electrons. The Hall–Kier alpha value is -2.16. The van der Waals surface area contributed by atoms with Crippen molar-refractivity contribution < 1.29 is 27.9 Å². The van der Waals surface area contributed by atoms with Crippen LogP contribution in [0.1, 0.15) is 23.2 Å². The number of pyridine rings is 1. The minimum absolute atomic E-state index is 0.0919. The van der Waals surface area contributed by atoms with Gasteiger partial charge in [-0.05, 0) is 38.1 Å². The molecule has 1 aliphatic rings. The topological polar surface area (TPSA) is 82.5 Å². The SMILES string of the molecule is CN(C(=O)c1ccncc1)C1CCNCC1.O=C(O)C(F)(F)F. The first kappa shape index (κ1) is 18.9. The Bertz CT molecular complexity index is 517. The average molecular weight is 333 g/mol. The maximum Gasteiger partial charge on any atom is 0.490 e. The molecule has 0 aliphatic carbocycles. The molecule has 9 heteroatoms. The molecule has 2 N–H and O–H groups in total. The molecule has 128 valence electrons. The van der Waals surface area contributed by atoms with Crippen LogP contribution in [0.2, 0.25) is 0 Å². The van der Waals surface area contributed by atoms with Gasteiger partial charge in [-0.15, -0.1) is 0 Å². The van der Waals surface area contributed by atoms with E-state index in [2.05, 4.69) is 10.3 Å². The molecule has 2 heterocycles.